The minimum atomic E-state index is -0.933. The van der Waals surface area contributed by atoms with Gasteiger partial charge in [-0.2, -0.15) is 0 Å². The Morgan fingerprint density at radius 1 is 0.842 bits per heavy atom. The van der Waals surface area contributed by atoms with Crippen LogP contribution in [0.2, 0.25) is 0 Å². The Bertz CT molecular complexity index is 982. The first-order valence-corrected chi connectivity index (χ1v) is 13.9. The van der Waals surface area contributed by atoms with Gasteiger partial charge in [0.25, 0.3) is 0 Å². The summed E-state index contributed by atoms with van der Waals surface area (Å²) in [6.45, 7) is 14.7. The van der Waals surface area contributed by atoms with E-state index < -0.39 is 59.6 Å². The monoisotopic (exact) mass is 532 g/mol. The van der Waals surface area contributed by atoms with Crippen LogP contribution in [0.25, 0.3) is 0 Å². The van der Waals surface area contributed by atoms with Gasteiger partial charge >= 0.3 is 11.9 Å². The molecule has 8 heteroatoms. The first-order valence-electron chi connectivity index (χ1n) is 13.9. The van der Waals surface area contributed by atoms with Crippen LogP contribution in [0.15, 0.2) is 30.3 Å². The molecule has 1 saturated carbocycles. The normalized spacial score (nSPS) is 32.2. The van der Waals surface area contributed by atoms with E-state index in [4.69, 9.17) is 28.4 Å². The van der Waals surface area contributed by atoms with Crippen LogP contribution in [0, 0.1) is 5.41 Å². The summed E-state index contributed by atoms with van der Waals surface area (Å²) in [6, 6.07) is 10.0. The molecule has 8 nitrogen and oxygen atoms in total. The molecule has 7 atom stereocenters. The highest BCUT2D eigenvalue weighted by Crippen LogP contribution is 2.47. The van der Waals surface area contributed by atoms with Gasteiger partial charge in [-0.05, 0) is 66.4 Å². The van der Waals surface area contributed by atoms with Gasteiger partial charge < -0.3 is 28.4 Å². The molecule has 1 aromatic carbocycles. The van der Waals surface area contributed by atoms with Gasteiger partial charge in [-0.25, -0.2) is 0 Å². The second kappa shape index (κ2) is 10.9. The highest BCUT2D eigenvalue weighted by Gasteiger charge is 2.66. The summed E-state index contributed by atoms with van der Waals surface area (Å²) in [6.07, 6.45) is -1.18. The average Bonchev–Trinajstić information content (AvgIpc) is 3.33. The summed E-state index contributed by atoms with van der Waals surface area (Å²) < 4.78 is 37.2. The van der Waals surface area contributed by atoms with Crippen molar-refractivity contribution in [3.8, 4) is 0 Å². The summed E-state index contributed by atoms with van der Waals surface area (Å²) in [5.74, 6) is -2.64. The molecule has 2 heterocycles. The van der Waals surface area contributed by atoms with E-state index in [9.17, 15) is 9.59 Å². The van der Waals surface area contributed by atoms with Crippen molar-refractivity contribution in [3.63, 3.8) is 0 Å². The molecule has 212 valence electrons. The molecule has 0 amide bonds. The van der Waals surface area contributed by atoms with E-state index in [-0.39, 0.29) is 18.3 Å². The van der Waals surface area contributed by atoms with Crippen LogP contribution in [0.5, 0.6) is 0 Å². The van der Waals surface area contributed by atoms with Crippen molar-refractivity contribution in [2.24, 2.45) is 5.41 Å². The summed E-state index contributed by atoms with van der Waals surface area (Å²) >= 11 is 0. The number of benzene rings is 1. The van der Waals surface area contributed by atoms with E-state index in [1.54, 1.807) is 20.8 Å². The fourth-order valence-corrected chi connectivity index (χ4v) is 5.56. The predicted molar refractivity (Wildman–Crippen MR) is 140 cm³/mol. The lowest BCUT2D eigenvalue weighted by molar-refractivity contribution is -0.215. The van der Waals surface area contributed by atoms with Crippen LogP contribution in [0.4, 0.5) is 0 Å². The van der Waals surface area contributed by atoms with Gasteiger partial charge in [-0.3, -0.25) is 9.59 Å². The number of unbranched alkanes of at least 4 members (excludes halogenated alkanes) is 1. The van der Waals surface area contributed by atoms with Crippen molar-refractivity contribution in [1.82, 2.24) is 0 Å². The molecule has 0 spiro atoms. The average molecular weight is 533 g/mol. The van der Waals surface area contributed by atoms with Gasteiger partial charge in [-0.15, -0.1) is 0 Å². The quantitative estimate of drug-likeness (QED) is 0.418. The largest absolute Gasteiger partial charge is 0.455 e. The van der Waals surface area contributed by atoms with Crippen LogP contribution in [0.3, 0.4) is 0 Å². The Morgan fingerprint density at radius 3 is 1.84 bits per heavy atom. The lowest BCUT2D eigenvalue weighted by Gasteiger charge is -2.42. The molecule has 1 aliphatic carbocycles. The van der Waals surface area contributed by atoms with Crippen molar-refractivity contribution in [1.29, 1.82) is 0 Å². The standard InChI is InChI=1S/C30H44O8/c1-9-10-14-19(18-15-12-11-13-16-18)17-20(31)33-21-22(34-27(32)28(2,3)4)24-26(38-30(7,8)36-24)25-23(21)35-29(5,6)37-25/h11-13,15-16,19,21-26H,9-10,14,17H2,1-8H3/t19-,21+,22+,23-,24-,25-,26-/m1/s1. The number of fused-ring (bicyclic) bond motifs is 3. The van der Waals surface area contributed by atoms with E-state index >= 15 is 0 Å². The third-order valence-corrected chi connectivity index (χ3v) is 7.34. The number of esters is 2. The summed E-state index contributed by atoms with van der Waals surface area (Å²) in [5, 5.41) is 0. The maximum Gasteiger partial charge on any atom is 0.311 e. The van der Waals surface area contributed by atoms with Gasteiger partial charge in [0.1, 0.15) is 24.4 Å². The van der Waals surface area contributed by atoms with Crippen molar-refractivity contribution in [3.05, 3.63) is 35.9 Å². The third-order valence-electron chi connectivity index (χ3n) is 7.34. The summed E-state index contributed by atoms with van der Waals surface area (Å²) in [4.78, 5) is 26.6. The zero-order valence-corrected chi connectivity index (χ0v) is 24.0. The minimum absolute atomic E-state index is 0.0218. The van der Waals surface area contributed by atoms with Gasteiger partial charge in [0, 0.05) is 0 Å². The molecular weight excluding hydrogens is 488 g/mol. The number of hydrogen-bond acceptors (Lipinski definition) is 8. The number of rotatable bonds is 8. The van der Waals surface area contributed by atoms with Crippen LogP contribution in [-0.4, -0.2) is 60.1 Å². The Labute approximate surface area is 226 Å². The van der Waals surface area contributed by atoms with Crippen molar-refractivity contribution in [2.75, 3.05) is 0 Å². The van der Waals surface area contributed by atoms with Crippen molar-refractivity contribution in [2.45, 2.75) is 135 Å². The Hall–Kier alpha value is -2.00. The topological polar surface area (TPSA) is 89.5 Å². The number of carbonyl (C=O) groups excluding carboxylic acids is 2. The SMILES string of the molecule is CCCC[C@H](CC(=O)O[C@H]1[C@H](OC(=O)C(C)(C)C)[C@H]2OC(C)(C)O[C@H]2[C@@H]2OC(C)(C)O[C@H]12)c1ccccc1. The molecule has 1 aromatic rings. The van der Waals surface area contributed by atoms with E-state index in [1.165, 1.54) is 0 Å². The Balaban J connectivity index is 1.63. The maximum absolute atomic E-state index is 13.5. The number of hydrogen-bond donors (Lipinski definition) is 0. The molecule has 2 aliphatic heterocycles. The second-order valence-corrected chi connectivity index (χ2v) is 12.7. The zero-order chi connectivity index (χ0) is 27.9. The van der Waals surface area contributed by atoms with Crippen LogP contribution >= 0.6 is 0 Å². The molecule has 0 bridgehead atoms. The Morgan fingerprint density at radius 2 is 1.34 bits per heavy atom. The summed E-state index contributed by atoms with van der Waals surface area (Å²) in [7, 11) is 0. The molecule has 3 aliphatic rings. The zero-order valence-electron chi connectivity index (χ0n) is 24.0. The number of carbonyl (C=O) groups is 2. The van der Waals surface area contributed by atoms with E-state index in [2.05, 4.69) is 6.92 Å². The van der Waals surface area contributed by atoms with Crippen LogP contribution < -0.4 is 0 Å². The molecule has 2 saturated heterocycles. The van der Waals surface area contributed by atoms with E-state index in [0.29, 0.717) is 0 Å². The third kappa shape index (κ3) is 6.41. The molecule has 0 N–H and O–H groups in total. The molecule has 0 aromatic heterocycles. The molecule has 0 unspecified atom stereocenters. The fraction of sp³-hybridized carbons (Fsp3) is 0.733. The molecule has 38 heavy (non-hydrogen) atoms. The first-order chi connectivity index (χ1) is 17.7. The first kappa shape index (κ1) is 29.0. The van der Waals surface area contributed by atoms with E-state index in [0.717, 1.165) is 24.8 Å². The molecule has 4 rings (SSSR count). The van der Waals surface area contributed by atoms with Gasteiger partial charge in [0.15, 0.2) is 23.8 Å². The lowest BCUT2D eigenvalue weighted by atomic mass is 9.84. The van der Waals surface area contributed by atoms with E-state index in [1.807, 2.05) is 58.0 Å². The van der Waals surface area contributed by atoms with Crippen molar-refractivity contribution >= 4 is 11.9 Å². The van der Waals surface area contributed by atoms with Gasteiger partial charge in [0.05, 0.1) is 11.8 Å². The smallest absolute Gasteiger partial charge is 0.311 e. The highest BCUT2D eigenvalue weighted by molar-refractivity contribution is 5.76. The van der Waals surface area contributed by atoms with Crippen molar-refractivity contribution < 1.29 is 38.0 Å². The number of ether oxygens (including phenoxy) is 6. The maximum atomic E-state index is 13.5. The Kier molecular flexibility index (Phi) is 8.30. The van der Waals surface area contributed by atoms with Crippen LogP contribution in [-0.2, 0) is 38.0 Å². The summed E-state index contributed by atoms with van der Waals surface area (Å²) in [5.41, 5.74) is 0.340. The molecule has 3 fully saturated rings. The second-order valence-electron chi connectivity index (χ2n) is 12.7. The molecule has 0 radical (unpaired) electrons. The minimum Gasteiger partial charge on any atom is -0.455 e. The van der Waals surface area contributed by atoms with Gasteiger partial charge in [-0.1, -0.05) is 50.1 Å². The lowest BCUT2D eigenvalue weighted by Crippen LogP contribution is -2.64. The van der Waals surface area contributed by atoms with Crippen LogP contribution in [0.1, 0.15) is 92.6 Å². The van der Waals surface area contributed by atoms with Gasteiger partial charge in [0.2, 0.25) is 0 Å². The fourth-order valence-electron chi connectivity index (χ4n) is 5.56. The predicted octanol–water partition coefficient (Wildman–Crippen LogP) is 5.27. The molecular formula is C30H44O8. The highest BCUT2D eigenvalue weighted by atomic mass is 16.8.